The molecule has 0 unspecified atom stereocenters. The molecule has 2 aromatic carbocycles. The highest BCUT2D eigenvalue weighted by molar-refractivity contribution is 7.80. The summed E-state index contributed by atoms with van der Waals surface area (Å²) in [4.78, 5) is 3.62. The van der Waals surface area contributed by atoms with Gasteiger partial charge in [0.1, 0.15) is 4.99 Å². The molecular weight excluding hydrogens is 268 g/mol. The van der Waals surface area contributed by atoms with E-state index in [1.54, 1.807) is 0 Å². The second kappa shape index (κ2) is 5.07. The number of aromatic nitrogens is 1. The summed E-state index contributed by atoms with van der Waals surface area (Å²) in [5.74, 6) is 0. The summed E-state index contributed by atoms with van der Waals surface area (Å²) in [6, 6.07) is 13.7. The van der Waals surface area contributed by atoms with Crippen molar-refractivity contribution in [2.75, 3.05) is 0 Å². The van der Waals surface area contributed by atoms with E-state index >= 15 is 0 Å². The van der Waals surface area contributed by atoms with Gasteiger partial charge in [0.15, 0.2) is 0 Å². The van der Waals surface area contributed by atoms with Gasteiger partial charge in [-0.15, -0.1) is 0 Å². The van der Waals surface area contributed by atoms with E-state index < -0.39 is 0 Å². The van der Waals surface area contributed by atoms with E-state index in [0.717, 1.165) is 33.2 Å². The van der Waals surface area contributed by atoms with Gasteiger partial charge in [0.25, 0.3) is 0 Å². The van der Waals surface area contributed by atoms with Gasteiger partial charge in [-0.3, -0.25) is 0 Å². The van der Waals surface area contributed by atoms with Gasteiger partial charge in [0.05, 0.1) is 12.1 Å². The quantitative estimate of drug-likeness (QED) is 0.647. The predicted molar refractivity (Wildman–Crippen MR) is 85.5 cm³/mol. The number of hydrogen-bond acceptors (Lipinski definition) is 2. The summed E-state index contributed by atoms with van der Waals surface area (Å²) in [5.41, 5.74) is 10.5. The molecule has 3 rings (SSSR count). The highest BCUT2D eigenvalue weighted by atomic mass is 32.1. The number of para-hydroxylation sites is 1. The zero-order valence-corrected chi connectivity index (χ0v) is 11.6. The minimum Gasteiger partial charge on any atom is -0.392 e. The topological polar surface area (TPSA) is 62.0 Å². The number of hydrogen-bond donors (Lipinski definition) is 3. The number of aliphatic hydroxyl groups is 1. The lowest BCUT2D eigenvalue weighted by atomic mass is 10.0. The number of thiocarbonyl (C=S) groups is 1. The van der Waals surface area contributed by atoms with E-state index in [2.05, 4.69) is 4.98 Å². The molecule has 0 fully saturated rings. The van der Waals surface area contributed by atoms with Crippen molar-refractivity contribution in [2.45, 2.75) is 6.61 Å². The van der Waals surface area contributed by atoms with E-state index in [9.17, 15) is 5.11 Å². The third-order valence-corrected chi connectivity index (χ3v) is 3.67. The van der Waals surface area contributed by atoms with Gasteiger partial charge in [-0.25, -0.2) is 0 Å². The maximum Gasteiger partial charge on any atom is 0.104 e. The van der Waals surface area contributed by atoms with Crippen LogP contribution < -0.4 is 5.73 Å². The first-order valence-corrected chi connectivity index (χ1v) is 6.71. The van der Waals surface area contributed by atoms with Gasteiger partial charge in [-0.1, -0.05) is 48.6 Å². The zero-order chi connectivity index (χ0) is 14.1. The molecule has 0 saturated carbocycles. The standard InChI is InChI=1S/C16H14N2OS/c17-16(20)11-4-1-3-10(7-11)14-8-18-15-12(9-19)5-2-6-13(14)15/h1-8,18-19H,9H2,(H2,17,20). The molecule has 0 atom stereocenters. The van der Waals surface area contributed by atoms with Crippen LogP contribution >= 0.6 is 12.2 Å². The van der Waals surface area contributed by atoms with Crippen LogP contribution in [0, 0.1) is 0 Å². The van der Waals surface area contributed by atoms with E-state index in [1.807, 2.05) is 48.7 Å². The van der Waals surface area contributed by atoms with Gasteiger partial charge < -0.3 is 15.8 Å². The first-order chi connectivity index (χ1) is 9.70. The number of rotatable bonds is 3. The second-order valence-electron chi connectivity index (χ2n) is 4.65. The van der Waals surface area contributed by atoms with E-state index in [0.29, 0.717) is 4.99 Å². The largest absolute Gasteiger partial charge is 0.392 e. The van der Waals surface area contributed by atoms with Crippen LogP contribution in [0.15, 0.2) is 48.7 Å². The highest BCUT2D eigenvalue weighted by Crippen LogP contribution is 2.30. The van der Waals surface area contributed by atoms with Crippen molar-refractivity contribution in [2.24, 2.45) is 5.73 Å². The van der Waals surface area contributed by atoms with Crippen LogP contribution in [-0.2, 0) is 6.61 Å². The molecule has 0 aliphatic carbocycles. The SMILES string of the molecule is NC(=S)c1cccc(-c2c[nH]c3c(CO)cccc23)c1. The van der Waals surface area contributed by atoms with Crippen molar-refractivity contribution in [3.05, 3.63) is 59.8 Å². The molecule has 4 heteroatoms. The Morgan fingerprint density at radius 1 is 1.20 bits per heavy atom. The molecule has 0 bridgehead atoms. The maximum absolute atomic E-state index is 9.38. The van der Waals surface area contributed by atoms with Crippen LogP contribution in [0.4, 0.5) is 0 Å². The number of nitrogens with one attached hydrogen (secondary N) is 1. The second-order valence-corrected chi connectivity index (χ2v) is 5.09. The lowest BCUT2D eigenvalue weighted by molar-refractivity contribution is 0.283. The Labute approximate surface area is 122 Å². The van der Waals surface area contributed by atoms with Crippen LogP contribution in [0.3, 0.4) is 0 Å². The molecule has 4 N–H and O–H groups in total. The van der Waals surface area contributed by atoms with Gasteiger partial charge in [-0.05, 0) is 11.6 Å². The van der Waals surface area contributed by atoms with Crippen molar-refractivity contribution >= 4 is 28.1 Å². The Bertz CT molecular complexity index is 792. The van der Waals surface area contributed by atoms with Crippen molar-refractivity contribution in [3.63, 3.8) is 0 Å². The minimum atomic E-state index is 0.0181. The normalized spacial score (nSPS) is 10.8. The summed E-state index contributed by atoms with van der Waals surface area (Å²) >= 11 is 5.02. The summed E-state index contributed by atoms with van der Waals surface area (Å²) in [6.45, 7) is 0.0181. The molecule has 0 saturated heterocycles. The maximum atomic E-state index is 9.38. The molecule has 3 nitrogen and oxygen atoms in total. The van der Waals surface area contributed by atoms with E-state index in [1.165, 1.54) is 0 Å². The van der Waals surface area contributed by atoms with Crippen molar-refractivity contribution in [1.29, 1.82) is 0 Å². The van der Waals surface area contributed by atoms with Gasteiger partial charge >= 0.3 is 0 Å². The van der Waals surface area contributed by atoms with Crippen LogP contribution in [0.1, 0.15) is 11.1 Å². The van der Waals surface area contributed by atoms with Crippen molar-refractivity contribution < 1.29 is 5.11 Å². The third kappa shape index (κ3) is 2.09. The van der Waals surface area contributed by atoms with Crippen molar-refractivity contribution in [3.8, 4) is 11.1 Å². The Kier molecular flexibility index (Phi) is 3.26. The lowest BCUT2D eigenvalue weighted by Crippen LogP contribution is -2.08. The highest BCUT2D eigenvalue weighted by Gasteiger charge is 2.09. The molecule has 0 spiro atoms. The third-order valence-electron chi connectivity index (χ3n) is 3.43. The molecule has 1 aromatic heterocycles. The van der Waals surface area contributed by atoms with Crippen molar-refractivity contribution in [1.82, 2.24) is 4.98 Å². The number of fused-ring (bicyclic) bond motifs is 1. The summed E-state index contributed by atoms with van der Waals surface area (Å²) in [6.07, 6.45) is 1.95. The predicted octanol–water partition coefficient (Wildman–Crippen LogP) is 2.96. The average Bonchev–Trinajstić information content (AvgIpc) is 2.91. The number of H-pyrrole nitrogens is 1. The molecule has 100 valence electrons. The fraction of sp³-hybridized carbons (Fsp3) is 0.0625. The van der Waals surface area contributed by atoms with Crippen LogP contribution in [0.5, 0.6) is 0 Å². The molecule has 3 aromatic rings. The first kappa shape index (κ1) is 12.8. The van der Waals surface area contributed by atoms with Gasteiger partial charge in [0, 0.05) is 28.3 Å². The average molecular weight is 282 g/mol. The Morgan fingerprint density at radius 2 is 2.00 bits per heavy atom. The zero-order valence-electron chi connectivity index (χ0n) is 10.8. The first-order valence-electron chi connectivity index (χ1n) is 6.31. The fourth-order valence-corrected chi connectivity index (χ4v) is 2.55. The smallest absolute Gasteiger partial charge is 0.104 e. The number of aliphatic hydroxyl groups excluding tert-OH is 1. The van der Waals surface area contributed by atoms with E-state index in [-0.39, 0.29) is 6.61 Å². The Hall–Kier alpha value is -2.17. The molecule has 1 heterocycles. The molecule has 0 aliphatic heterocycles. The lowest BCUT2D eigenvalue weighted by Gasteiger charge is -2.04. The van der Waals surface area contributed by atoms with Crippen LogP contribution in [0.25, 0.3) is 22.0 Å². The Balaban J connectivity index is 2.20. The number of nitrogens with two attached hydrogens (primary N) is 1. The summed E-state index contributed by atoms with van der Waals surface area (Å²) < 4.78 is 0. The van der Waals surface area contributed by atoms with E-state index in [4.69, 9.17) is 18.0 Å². The van der Waals surface area contributed by atoms with Crippen LogP contribution in [-0.4, -0.2) is 15.1 Å². The number of aromatic amines is 1. The molecule has 0 radical (unpaired) electrons. The minimum absolute atomic E-state index is 0.0181. The molecule has 20 heavy (non-hydrogen) atoms. The Morgan fingerprint density at radius 3 is 2.75 bits per heavy atom. The number of benzene rings is 2. The monoisotopic (exact) mass is 282 g/mol. The molecular formula is C16H14N2OS. The molecule has 0 amide bonds. The molecule has 0 aliphatic rings. The summed E-state index contributed by atoms with van der Waals surface area (Å²) in [5, 5.41) is 10.5. The summed E-state index contributed by atoms with van der Waals surface area (Å²) in [7, 11) is 0. The van der Waals surface area contributed by atoms with Crippen LogP contribution in [0.2, 0.25) is 0 Å². The van der Waals surface area contributed by atoms with Gasteiger partial charge in [-0.2, -0.15) is 0 Å². The fourth-order valence-electron chi connectivity index (χ4n) is 2.43. The van der Waals surface area contributed by atoms with Gasteiger partial charge in [0.2, 0.25) is 0 Å².